The van der Waals surface area contributed by atoms with E-state index in [0.717, 1.165) is 11.1 Å². The summed E-state index contributed by atoms with van der Waals surface area (Å²) in [5.41, 5.74) is 2.06. The summed E-state index contributed by atoms with van der Waals surface area (Å²) in [4.78, 5) is 11.6. The average molecular weight is 480 g/mol. The average Bonchev–Trinajstić information content (AvgIpc) is 2.73. The lowest BCUT2D eigenvalue weighted by atomic mass is 10.1. The number of halogens is 1. The lowest BCUT2D eigenvalue weighted by Crippen LogP contribution is -2.43. The number of methoxy groups -OCH3 is 1. The predicted molar refractivity (Wildman–Crippen MR) is 119 cm³/mol. The van der Waals surface area contributed by atoms with Crippen LogP contribution < -0.4 is 0 Å². The van der Waals surface area contributed by atoms with Gasteiger partial charge in [0.1, 0.15) is 0 Å². The standard InChI is InChI=1S/C22H26BrNO4S/c1-18-11-13-21(14-12-18)29(26,27)24(15-7-6-10-22(25)28-2)20(17-23)16-19-8-4-3-5-9-19/h3-6,8-14,20H,7,15-17H2,1-2H3/b10-6+/t20-/m0/s1. The Labute approximate surface area is 181 Å². The van der Waals surface area contributed by atoms with Crippen molar-refractivity contribution in [3.63, 3.8) is 0 Å². The monoisotopic (exact) mass is 479 g/mol. The Morgan fingerprint density at radius 3 is 2.38 bits per heavy atom. The van der Waals surface area contributed by atoms with Gasteiger partial charge in [0.2, 0.25) is 10.0 Å². The van der Waals surface area contributed by atoms with Crippen molar-refractivity contribution < 1.29 is 17.9 Å². The number of nitrogens with zero attached hydrogens (tertiary/aromatic N) is 1. The molecule has 156 valence electrons. The zero-order chi connectivity index (χ0) is 21.3. The van der Waals surface area contributed by atoms with Crippen LogP contribution >= 0.6 is 15.9 Å². The van der Waals surface area contributed by atoms with Crippen molar-refractivity contribution in [2.45, 2.75) is 30.7 Å². The van der Waals surface area contributed by atoms with Crippen molar-refractivity contribution in [1.29, 1.82) is 0 Å². The zero-order valence-corrected chi connectivity index (χ0v) is 19.0. The number of rotatable bonds is 10. The first-order chi connectivity index (χ1) is 13.9. The Balaban J connectivity index is 2.31. The van der Waals surface area contributed by atoms with E-state index in [-0.39, 0.29) is 17.5 Å². The number of sulfonamides is 1. The molecule has 0 saturated carbocycles. The fourth-order valence-corrected chi connectivity index (χ4v) is 5.32. The highest BCUT2D eigenvalue weighted by atomic mass is 79.9. The van der Waals surface area contributed by atoms with Crippen LogP contribution in [0.5, 0.6) is 0 Å². The minimum atomic E-state index is -3.70. The van der Waals surface area contributed by atoms with E-state index in [1.54, 1.807) is 30.3 Å². The number of hydrogen-bond acceptors (Lipinski definition) is 4. The topological polar surface area (TPSA) is 63.7 Å². The molecule has 0 bridgehead atoms. The Morgan fingerprint density at radius 2 is 1.79 bits per heavy atom. The summed E-state index contributed by atoms with van der Waals surface area (Å²) in [7, 11) is -2.40. The van der Waals surface area contributed by atoms with E-state index < -0.39 is 16.0 Å². The molecule has 1 atom stereocenters. The quantitative estimate of drug-likeness (QED) is 0.292. The molecule has 0 aliphatic carbocycles. The van der Waals surface area contributed by atoms with E-state index in [1.807, 2.05) is 37.3 Å². The van der Waals surface area contributed by atoms with Crippen LogP contribution in [-0.2, 0) is 26.0 Å². The first kappa shape index (κ1) is 23.3. The number of aryl methyl sites for hydroxylation is 1. The number of carbonyl (C=O) groups excluding carboxylic acids is 1. The highest BCUT2D eigenvalue weighted by Gasteiger charge is 2.30. The predicted octanol–water partition coefficient (Wildman–Crippen LogP) is 4.11. The van der Waals surface area contributed by atoms with Gasteiger partial charge in [-0.3, -0.25) is 0 Å². The zero-order valence-electron chi connectivity index (χ0n) is 16.6. The highest BCUT2D eigenvalue weighted by molar-refractivity contribution is 9.09. The van der Waals surface area contributed by atoms with Crippen LogP contribution in [-0.4, -0.2) is 43.7 Å². The Bertz CT molecular complexity index is 912. The summed E-state index contributed by atoms with van der Waals surface area (Å²) in [6, 6.07) is 16.4. The molecule has 2 aromatic rings. The summed E-state index contributed by atoms with van der Waals surface area (Å²) in [5.74, 6) is -0.459. The number of benzene rings is 2. The Hall–Kier alpha value is -1.96. The minimum absolute atomic E-state index is 0.257. The minimum Gasteiger partial charge on any atom is -0.466 e. The van der Waals surface area contributed by atoms with Gasteiger partial charge in [-0.2, -0.15) is 4.31 Å². The highest BCUT2D eigenvalue weighted by Crippen LogP contribution is 2.22. The molecule has 0 aromatic heterocycles. The van der Waals surface area contributed by atoms with Gasteiger partial charge in [-0.05, 0) is 37.5 Å². The SMILES string of the molecule is COC(=O)/C=C/CCN([C@H](CBr)Cc1ccccc1)S(=O)(=O)c1ccc(C)cc1. The first-order valence-electron chi connectivity index (χ1n) is 9.31. The van der Waals surface area contributed by atoms with Crippen LogP contribution in [0.3, 0.4) is 0 Å². The number of esters is 1. The smallest absolute Gasteiger partial charge is 0.330 e. The van der Waals surface area contributed by atoms with Gasteiger partial charge < -0.3 is 4.74 Å². The Kier molecular flexibility index (Phi) is 9.07. The van der Waals surface area contributed by atoms with E-state index in [1.165, 1.54) is 17.5 Å². The summed E-state index contributed by atoms with van der Waals surface area (Å²) in [5, 5.41) is 0.494. The molecule has 5 nitrogen and oxygen atoms in total. The third kappa shape index (κ3) is 6.80. The van der Waals surface area contributed by atoms with Gasteiger partial charge in [-0.15, -0.1) is 0 Å². The molecule has 29 heavy (non-hydrogen) atoms. The molecular weight excluding hydrogens is 454 g/mol. The second-order valence-corrected chi connectivity index (χ2v) is 9.18. The molecule has 0 aliphatic heterocycles. The fraction of sp³-hybridized carbons (Fsp3) is 0.318. The van der Waals surface area contributed by atoms with Crippen LogP contribution in [0, 0.1) is 6.92 Å². The summed E-state index contributed by atoms with van der Waals surface area (Å²) < 4.78 is 32.9. The number of carbonyl (C=O) groups is 1. The van der Waals surface area contributed by atoms with Crippen LogP contribution in [0.25, 0.3) is 0 Å². The number of alkyl halides is 1. The molecule has 7 heteroatoms. The molecule has 0 fully saturated rings. The molecule has 2 aromatic carbocycles. The molecule has 0 amide bonds. The van der Waals surface area contributed by atoms with Crippen LogP contribution in [0.2, 0.25) is 0 Å². The van der Waals surface area contributed by atoms with Crippen molar-refractivity contribution in [2.24, 2.45) is 0 Å². The van der Waals surface area contributed by atoms with E-state index in [2.05, 4.69) is 20.7 Å². The van der Waals surface area contributed by atoms with E-state index in [0.29, 0.717) is 18.2 Å². The van der Waals surface area contributed by atoms with Crippen LogP contribution in [0.1, 0.15) is 17.5 Å². The van der Waals surface area contributed by atoms with Gasteiger partial charge >= 0.3 is 5.97 Å². The van der Waals surface area contributed by atoms with Crippen molar-refractivity contribution in [1.82, 2.24) is 4.31 Å². The molecule has 0 N–H and O–H groups in total. The maximum Gasteiger partial charge on any atom is 0.330 e. The van der Waals surface area contributed by atoms with Crippen molar-refractivity contribution >= 4 is 31.9 Å². The van der Waals surface area contributed by atoms with Gasteiger partial charge in [0.15, 0.2) is 0 Å². The van der Waals surface area contributed by atoms with Crippen molar-refractivity contribution in [3.05, 3.63) is 77.9 Å². The van der Waals surface area contributed by atoms with Gasteiger partial charge in [0, 0.05) is 24.0 Å². The molecule has 0 heterocycles. The molecule has 0 aliphatic rings. The second kappa shape index (κ2) is 11.3. The molecule has 0 saturated heterocycles. The Morgan fingerprint density at radius 1 is 1.14 bits per heavy atom. The van der Waals surface area contributed by atoms with Gasteiger partial charge in [-0.1, -0.05) is 70.0 Å². The summed E-state index contributed by atoms with van der Waals surface area (Å²) in [6.45, 7) is 2.18. The largest absolute Gasteiger partial charge is 0.466 e. The second-order valence-electron chi connectivity index (χ2n) is 6.64. The van der Waals surface area contributed by atoms with Gasteiger partial charge in [0.05, 0.1) is 12.0 Å². The van der Waals surface area contributed by atoms with E-state index in [4.69, 9.17) is 0 Å². The molecule has 0 spiro atoms. The van der Waals surface area contributed by atoms with Crippen LogP contribution in [0.15, 0.2) is 71.6 Å². The molecule has 0 unspecified atom stereocenters. The van der Waals surface area contributed by atoms with Crippen molar-refractivity contribution in [3.8, 4) is 0 Å². The van der Waals surface area contributed by atoms with E-state index >= 15 is 0 Å². The molecule has 2 rings (SSSR count). The first-order valence-corrected chi connectivity index (χ1v) is 11.9. The number of hydrogen-bond donors (Lipinski definition) is 0. The van der Waals surface area contributed by atoms with Gasteiger partial charge in [0.25, 0.3) is 0 Å². The third-order valence-corrected chi connectivity index (χ3v) is 7.21. The fourth-order valence-electron chi connectivity index (χ4n) is 2.91. The normalized spacial score (nSPS) is 13.0. The number of ether oxygens (including phenoxy) is 1. The maximum atomic E-state index is 13.4. The summed E-state index contributed by atoms with van der Waals surface area (Å²) >= 11 is 3.50. The van der Waals surface area contributed by atoms with Crippen molar-refractivity contribution in [2.75, 3.05) is 19.0 Å². The maximum absolute atomic E-state index is 13.4. The molecule has 0 radical (unpaired) electrons. The van der Waals surface area contributed by atoms with Crippen LogP contribution in [0.4, 0.5) is 0 Å². The van der Waals surface area contributed by atoms with E-state index in [9.17, 15) is 13.2 Å². The lowest BCUT2D eigenvalue weighted by molar-refractivity contribution is -0.134. The molecular formula is C22H26BrNO4S. The summed E-state index contributed by atoms with van der Waals surface area (Å²) in [6.07, 6.45) is 3.94. The van der Waals surface area contributed by atoms with Gasteiger partial charge in [-0.25, -0.2) is 13.2 Å². The lowest BCUT2D eigenvalue weighted by Gasteiger charge is -2.30. The third-order valence-electron chi connectivity index (χ3n) is 4.50.